The molecule has 1 N–H and O–H groups in total. The fourth-order valence-electron chi connectivity index (χ4n) is 2.80. The van der Waals surface area contributed by atoms with E-state index in [1.54, 1.807) is 0 Å². The first-order valence-electron chi connectivity index (χ1n) is 8.30. The summed E-state index contributed by atoms with van der Waals surface area (Å²) < 4.78 is 5.72. The molecule has 3 heteroatoms. The molecule has 1 rings (SSSR count). The van der Waals surface area contributed by atoms with E-state index in [0.29, 0.717) is 0 Å². The molecule has 2 atom stereocenters. The second kappa shape index (κ2) is 10.6. The van der Waals surface area contributed by atoms with Gasteiger partial charge in [0.25, 0.3) is 0 Å². The van der Waals surface area contributed by atoms with Gasteiger partial charge in [-0.05, 0) is 19.4 Å². The Bertz CT molecular complexity index is 209. The number of aliphatic hydroxyl groups is 1. The van der Waals surface area contributed by atoms with Crippen molar-refractivity contribution in [1.82, 2.24) is 4.90 Å². The van der Waals surface area contributed by atoms with Gasteiger partial charge in [-0.25, -0.2) is 0 Å². The van der Waals surface area contributed by atoms with Gasteiger partial charge in [-0.2, -0.15) is 0 Å². The van der Waals surface area contributed by atoms with Gasteiger partial charge in [0.2, 0.25) is 0 Å². The number of ether oxygens (including phenoxy) is 1. The van der Waals surface area contributed by atoms with E-state index in [1.807, 2.05) is 0 Å². The molecule has 0 bridgehead atoms. The Morgan fingerprint density at radius 1 is 1.11 bits per heavy atom. The average molecular weight is 271 g/mol. The molecule has 114 valence electrons. The molecule has 1 saturated heterocycles. The van der Waals surface area contributed by atoms with E-state index >= 15 is 0 Å². The van der Waals surface area contributed by atoms with Gasteiger partial charge in [-0.15, -0.1) is 0 Å². The lowest BCUT2D eigenvalue weighted by Gasteiger charge is -2.35. The van der Waals surface area contributed by atoms with Gasteiger partial charge >= 0.3 is 0 Å². The van der Waals surface area contributed by atoms with Crippen molar-refractivity contribution in [3.63, 3.8) is 0 Å². The van der Waals surface area contributed by atoms with Crippen molar-refractivity contribution in [2.75, 3.05) is 26.2 Å². The quantitative estimate of drug-likeness (QED) is 0.619. The van der Waals surface area contributed by atoms with Crippen LogP contribution in [-0.2, 0) is 4.74 Å². The third-order valence-electron chi connectivity index (χ3n) is 4.00. The van der Waals surface area contributed by atoms with Crippen molar-refractivity contribution in [3.8, 4) is 0 Å². The first-order chi connectivity index (χ1) is 9.27. The zero-order valence-electron chi connectivity index (χ0n) is 12.9. The molecular weight excluding hydrogens is 238 g/mol. The van der Waals surface area contributed by atoms with E-state index in [-0.39, 0.29) is 12.2 Å². The minimum Gasteiger partial charge on any atom is -0.390 e. The summed E-state index contributed by atoms with van der Waals surface area (Å²) in [6.45, 7) is 8.28. The van der Waals surface area contributed by atoms with Crippen molar-refractivity contribution < 1.29 is 9.84 Å². The normalized spacial score (nSPS) is 22.6. The molecular formula is C16H33NO2. The predicted octanol–water partition coefficient (Wildman–Crippen LogP) is 3.21. The van der Waals surface area contributed by atoms with E-state index in [9.17, 15) is 5.11 Å². The summed E-state index contributed by atoms with van der Waals surface area (Å²) in [5.74, 6) is 0. The van der Waals surface area contributed by atoms with Crippen LogP contribution in [0.3, 0.4) is 0 Å². The van der Waals surface area contributed by atoms with Gasteiger partial charge in [0.1, 0.15) is 0 Å². The molecule has 1 aliphatic rings. The summed E-state index contributed by atoms with van der Waals surface area (Å²) >= 11 is 0. The van der Waals surface area contributed by atoms with E-state index in [0.717, 1.165) is 39.1 Å². The molecule has 1 fully saturated rings. The fraction of sp³-hybridized carbons (Fsp3) is 1.00. The second-order valence-corrected chi connectivity index (χ2v) is 5.83. The third kappa shape index (κ3) is 7.28. The van der Waals surface area contributed by atoms with Crippen LogP contribution >= 0.6 is 0 Å². The van der Waals surface area contributed by atoms with E-state index in [2.05, 4.69) is 18.7 Å². The molecule has 0 aliphatic carbocycles. The van der Waals surface area contributed by atoms with Crippen LogP contribution < -0.4 is 0 Å². The predicted molar refractivity (Wildman–Crippen MR) is 80.5 cm³/mol. The second-order valence-electron chi connectivity index (χ2n) is 5.83. The lowest BCUT2D eigenvalue weighted by atomic mass is 10.0. The highest BCUT2D eigenvalue weighted by Crippen LogP contribution is 2.15. The maximum atomic E-state index is 10.2. The van der Waals surface area contributed by atoms with Crippen LogP contribution in [0.25, 0.3) is 0 Å². The number of rotatable bonds is 10. The molecule has 1 aliphatic heterocycles. The monoisotopic (exact) mass is 271 g/mol. The van der Waals surface area contributed by atoms with Crippen molar-refractivity contribution >= 4 is 0 Å². The summed E-state index contributed by atoms with van der Waals surface area (Å²) in [6, 6.07) is 0. The van der Waals surface area contributed by atoms with Crippen molar-refractivity contribution in [3.05, 3.63) is 0 Å². The van der Waals surface area contributed by atoms with Crippen molar-refractivity contribution in [2.24, 2.45) is 0 Å². The molecule has 19 heavy (non-hydrogen) atoms. The highest BCUT2D eigenvalue weighted by molar-refractivity contribution is 4.77. The van der Waals surface area contributed by atoms with Gasteiger partial charge < -0.3 is 9.84 Å². The lowest BCUT2D eigenvalue weighted by molar-refractivity contribution is -0.0906. The molecule has 0 aromatic rings. The summed E-state index contributed by atoms with van der Waals surface area (Å²) in [5, 5.41) is 10.2. The Kier molecular flexibility index (Phi) is 9.48. The van der Waals surface area contributed by atoms with Crippen LogP contribution in [0, 0.1) is 0 Å². The Balaban J connectivity index is 2.09. The Morgan fingerprint density at radius 2 is 1.84 bits per heavy atom. The smallest absolute Gasteiger partial charge is 0.0960 e. The minimum atomic E-state index is -0.272. The highest BCUT2D eigenvalue weighted by atomic mass is 16.5. The van der Waals surface area contributed by atoms with Crippen molar-refractivity contribution in [2.45, 2.75) is 77.4 Å². The Hall–Kier alpha value is -0.120. The molecule has 0 saturated carbocycles. The number of aliphatic hydroxyl groups excluding tert-OH is 1. The standard InChI is InChI=1S/C16H33NO2/c1-3-5-6-7-8-9-10-15(18)16-14-17(11-4-2)12-13-19-16/h15-16,18H,3-14H2,1-2H3. The molecule has 0 spiro atoms. The topological polar surface area (TPSA) is 32.7 Å². The van der Waals surface area contributed by atoms with Crippen LogP contribution in [0.5, 0.6) is 0 Å². The molecule has 0 radical (unpaired) electrons. The van der Waals surface area contributed by atoms with Crippen LogP contribution in [0.1, 0.15) is 65.2 Å². The van der Waals surface area contributed by atoms with E-state index in [1.165, 1.54) is 38.5 Å². The lowest BCUT2D eigenvalue weighted by Crippen LogP contribution is -2.47. The summed E-state index contributed by atoms with van der Waals surface area (Å²) in [4.78, 5) is 2.42. The zero-order chi connectivity index (χ0) is 13.9. The number of nitrogens with zero attached hydrogens (tertiary/aromatic N) is 1. The first-order valence-corrected chi connectivity index (χ1v) is 8.30. The molecule has 0 aromatic heterocycles. The van der Waals surface area contributed by atoms with Gasteiger partial charge in [0.15, 0.2) is 0 Å². The summed E-state index contributed by atoms with van der Waals surface area (Å²) in [5.41, 5.74) is 0. The van der Waals surface area contributed by atoms with Gasteiger partial charge in [-0.3, -0.25) is 4.90 Å². The van der Waals surface area contributed by atoms with Crippen molar-refractivity contribution in [1.29, 1.82) is 0 Å². The number of morpholine rings is 1. The number of hydrogen-bond donors (Lipinski definition) is 1. The number of unbranched alkanes of at least 4 members (excludes halogenated alkanes) is 5. The Labute approximate surface area is 119 Å². The maximum Gasteiger partial charge on any atom is 0.0960 e. The summed E-state index contributed by atoms with van der Waals surface area (Å²) in [7, 11) is 0. The highest BCUT2D eigenvalue weighted by Gasteiger charge is 2.25. The minimum absolute atomic E-state index is 0.0379. The molecule has 2 unspecified atom stereocenters. The maximum absolute atomic E-state index is 10.2. The van der Waals surface area contributed by atoms with Crippen LogP contribution in [0.2, 0.25) is 0 Å². The molecule has 3 nitrogen and oxygen atoms in total. The average Bonchev–Trinajstić information content (AvgIpc) is 2.43. The molecule has 0 aromatic carbocycles. The first kappa shape index (κ1) is 16.9. The molecule has 1 heterocycles. The van der Waals surface area contributed by atoms with Crippen LogP contribution in [-0.4, -0.2) is 48.5 Å². The zero-order valence-corrected chi connectivity index (χ0v) is 12.9. The third-order valence-corrected chi connectivity index (χ3v) is 4.00. The Morgan fingerprint density at radius 3 is 2.58 bits per heavy atom. The van der Waals surface area contributed by atoms with Gasteiger partial charge in [0, 0.05) is 13.1 Å². The largest absolute Gasteiger partial charge is 0.390 e. The molecule has 0 amide bonds. The van der Waals surface area contributed by atoms with E-state index < -0.39 is 0 Å². The van der Waals surface area contributed by atoms with Crippen LogP contribution in [0.15, 0.2) is 0 Å². The van der Waals surface area contributed by atoms with Gasteiger partial charge in [-0.1, -0.05) is 52.4 Å². The number of hydrogen-bond acceptors (Lipinski definition) is 3. The SMILES string of the molecule is CCCCCCCCC(O)C1CN(CCC)CCO1. The summed E-state index contributed by atoms with van der Waals surface area (Å²) in [6.07, 6.45) is 9.54. The van der Waals surface area contributed by atoms with Crippen LogP contribution in [0.4, 0.5) is 0 Å². The van der Waals surface area contributed by atoms with Gasteiger partial charge in [0.05, 0.1) is 18.8 Å². The van der Waals surface area contributed by atoms with E-state index in [4.69, 9.17) is 4.74 Å². The fourth-order valence-corrected chi connectivity index (χ4v) is 2.80.